The van der Waals surface area contributed by atoms with Gasteiger partial charge in [-0.3, -0.25) is 0 Å². The maximum Gasteiger partial charge on any atom is 0.263 e. The standard InChI is InChI=1S/C11H14N6O6S2/c1-2-10-14-16-11(17(10)12)15-13-6-7-3-4-8(24(18,19)20)5-9(7)25(21,22)23/h3-6H,2,12H2,1H3,(H,15,16)(H,18,19,20)(H,21,22,23)/p-2/b13-6+. The van der Waals surface area contributed by atoms with Gasteiger partial charge in [0, 0.05) is 12.0 Å². The van der Waals surface area contributed by atoms with Crippen molar-refractivity contribution in [3.63, 3.8) is 0 Å². The molecule has 1 aromatic carbocycles. The molecule has 0 saturated carbocycles. The normalized spacial score (nSPS) is 12.6. The zero-order valence-corrected chi connectivity index (χ0v) is 14.3. The second-order valence-electron chi connectivity index (χ2n) is 4.64. The summed E-state index contributed by atoms with van der Waals surface area (Å²) in [6, 6.07) is 2.30. The van der Waals surface area contributed by atoms with Gasteiger partial charge in [-0.1, -0.05) is 13.0 Å². The van der Waals surface area contributed by atoms with Crippen molar-refractivity contribution in [3.8, 4) is 0 Å². The Morgan fingerprint density at radius 2 is 1.92 bits per heavy atom. The van der Waals surface area contributed by atoms with E-state index in [-0.39, 0.29) is 11.5 Å². The third kappa shape index (κ3) is 4.30. The van der Waals surface area contributed by atoms with Crippen LogP contribution in [0.1, 0.15) is 18.3 Å². The zero-order chi connectivity index (χ0) is 18.8. The molecule has 0 saturated heterocycles. The van der Waals surface area contributed by atoms with Crippen LogP contribution in [0.5, 0.6) is 0 Å². The summed E-state index contributed by atoms with van der Waals surface area (Å²) >= 11 is 0. The Labute approximate surface area is 142 Å². The highest BCUT2D eigenvalue weighted by Gasteiger charge is 2.12. The van der Waals surface area contributed by atoms with Gasteiger partial charge in [0.1, 0.15) is 20.2 Å². The first kappa shape index (κ1) is 18.8. The lowest BCUT2D eigenvalue weighted by Gasteiger charge is -2.14. The molecule has 1 aromatic heterocycles. The lowest BCUT2D eigenvalue weighted by atomic mass is 10.2. The number of aryl methyl sites for hydroxylation is 1. The minimum Gasteiger partial charge on any atom is -0.744 e. The number of nitrogen functional groups attached to an aromatic ring is 1. The molecule has 3 N–H and O–H groups in total. The summed E-state index contributed by atoms with van der Waals surface area (Å²) in [5.41, 5.74) is 2.17. The van der Waals surface area contributed by atoms with E-state index in [1.54, 1.807) is 6.92 Å². The monoisotopic (exact) mass is 388 g/mol. The molecule has 1 heterocycles. The fourth-order valence-electron chi connectivity index (χ4n) is 1.79. The van der Waals surface area contributed by atoms with Crippen LogP contribution in [0.15, 0.2) is 33.1 Å². The Hall–Kier alpha value is -2.55. The minimum absolute atomic E-state index is 0.0541. The Morgan fingerprint density at radius 3 is 2.44 bits per heavy atom. The van der Waals surface area contributed by atoms with Crippen LogP contribution in [0.2, 0.25) is 0 Å². The van der Waals surface area contributed by atoms with E-state index in [1.807, 2.05) is 0 Å². The second kappa shape index (κ2) is 6.75. The molecule has 0 atom stereocenters. The Bertz CT molecular complexity index is 1030. The fourth-order valence-corrected chi connectivity index (χ4v) is 3.05. The molecule has 0 spiro atoms. The number of nitrogens with two attached hydrogens (primary N) is 1. The predicted octanol–water partition coefficient (Wildman–Crippen LogP) is -1.19. The lowest BCUT2D eigenvalue weighted by Crippen LogP contribution is -2.15. The first-order valence-electron chi connectivity index (χ1n) is 6.58. The molecule has 25 heavy (non-hydrogen) atoms. The number of hydrazone groups is 1. The van der Waals surface area contributed by atoms with Gasteiger partial charge >= 0.3 is 0 Å². The minimum atomic E-state index is -5.05. The number of benzene rings is 1. The Morgan fingerprint density at radius 1 is 1.24 bits per heavy atom. The fraction of sp³-hybridized carbons (Fsp3) is 0.182. The molecule has 136 valence electrons. The molecule has 0 bridgehead atoms. The predicted molar refractivity (Wildman–Crippen MR) is 83.1 cm³/mol. The van der Waals surface area contributed by atoms with E-state index in [1.165, 1.54) is 0 Å². The van der Waals surface area contributed by atoms with Crippen LogP contribution in [-0.2, 0) is 26.7 Å². The molecule has 0 aliphatic rings. The van der Waals surface area contributed by atoms with Gasteiger partial charge in [0.2, 0.25) is 0 Å². The molecule has 0 unspecified atom stereocenters. The van der Waals surface area contributed by atoms with Crippen molar-refractivity contribution in [1.29, 1.82) is 0 Å². The van der Waals surface area contributed by atoms with Crippen LogP contribution in [0, 0.1) is 0 Å². The van der Waals surface area contributed by atoms with Crippen molar-refractivity contribution in [2.24, 2.45) is 5.10 Å². The van der Waals surface area contributed by atoms with Gasteiger partial charge in [-0.2, -0.15) is 5.10 Å². The van der Waals surface area contributed by atoms with E-state index >= 15 is 0 Å². The number of hydrogen-bond acceptors (Lipinski definition) is 11. The van der Waals surface area contributed by atoms with E-state index in [4.69, 9.17) is 5.84 Å². The second-order valence-corrected chi connectivity index (χ2v) is 7.37. The lowest BCUT2D eigenvalue weighted by molar-refractivity contribution is 0.461. The maximum atomic E-state index is 11.3. The average molecular weight is 388 g/mol. The van der Waals surface area contributed by atoms with Crippen LogP contribution in [0.3, 0.4) is 0 Å². The molecule has 12 nitrogen and oxygen atoms in total. The maximum absolute atomic E-state index is 11.3. The first-order chi connectivity index (χ1) is 11.5. The largest absolute Gasteiger partial charge is 0.744 e. The van der Waals surface area contributed by atoms with Crippen molar-refractivity contribution in [1.82, 2.24) is 14.9 Å². The molecule has 0 radical (unpaired) electrons. The third-order valence-corrected chi connectivity index (χ3v) is 4.72. The number of nitrogens with one attached hydrogen (secondary N) is 1. The van der Waals surface area contributed by atoms with E-state index in [0.717, 1.165) is 23.0 Å². The van der Waals surface area contributed by atoms with Gasteiger partial charge in [0.15, 0.2) is 5.82 Å². The summed E-state index contributed by atoms with van der Waals surface area (Å²) in [7, 11) is -9.97. The van der Waals surface area contributed by atoms with E-state index in [2.05, 4.69) is 20.7 Å². The van der Waals surface area contributed by atoms with E-state index < -0.39 is 30.0 Å². The number of aromatic nitrogens is 3. The molecule has 0 aliphatic carbocycles. The van der Waals surface area contributed by atoms with Gasteiger partial charge in [-0.15, -0.1) is 10.2 Å². The summed E-state index contributed by atoms with van der Waals surface area (Å²) in [5, 5.41) is 11.1. The highest BCUT2D eigenvalue weighted by molar-refractivity contribution is 7.86. The van der Waals surface area contributed by atoms with Crippen molar-refractivity contribution < 1.29 is 25.9 Å². The molecule has 0 fully saturated rings. The molecular formula is C11H12N6O6S2-2. The summed E-state index contributed by atoms with van der Waals surface area (Å²) in [6.07, 6.45) is 1.45. The van der Waals surface area contributed by atoms with Crippen molar-refractivity contribution >= 4 is 32.4 Å². The van der Waals surface area contributed by atoms with E-state index in [9.17, 15) is 25.9 Å². The van der Waals surface area contributed by atoms with Crippen molar-refractivity contribution in [2.75, 3.05) is 11.3 Å². The molecule has 14 heteroatoms. The zero-order valence-electron chi connectivity index (χ0n) is 12.6. The van der Waals surface area contributed by atoms with Gasteiger partial charge in [0.05, 0.1) is 16.0 Å². The van der Waals surface area contributed by atoms with E-state index in [0.29, 0.717) is 18.3 Å². The topological polar surface area (TPSA) is 196 Å². The quantitative estimate of drug-likeness (QED) is 0.263. The Balaban J connectivity index is 2.37. The summed E-state index contributed by atoms with van der Waals surface area (Å²) in [4.78, 5) is -1.75. The molecular weight excluding hydrogens is 376 g/mol. The van der Waals surface area contributed by atoms with Gasteiger partial charge in [-0.05, 0) is 12.1 Å². The van der Waals surface area contributed by atoms with Crippen molar-refractivity contribution in [2.45, 2.75) is 23.1 Å². The third-order valence-electron chi connectivity index (χ3n) is 2.99. The summed E-state index contributed by atoms with van der Waals surface area (Å²) < 4.78 is 67.8. The van der Waals surface area contributed by atoms with Crippen LogP contribution in [0.4, 0.5) is 5.95 Å². The van der Waals surface area contributed by atoms with Crippen molar-refractivity contribution in [3.05, 3.63) is 29.6 Å². The summed E-state index contributed by atoms with van der Waals surface area (Å²) in [6.45, 7) is 1.80. The highest BCUT2D eigenvalue weighted by Crippen LogP contribution is 2.19. The molecule has 0 aliphatic heterocycles. The molecule has 0 amide bonds. The highest BCUT2D eigenvalue weighted by atomic mass is 32.2. The average Bonchev–Trinajstić information content (AvgIpc) is 2.86. The van der Waals surface area contributed by atoms with Crippen LogP contribution >= 0.6 is 0 Å². The Kier molecular flexibility index (Phi) is 5.07. The SMILES string of the molecule is CCc1nnc(N/N=C/c2ccc(S(=O)(=O)[O-])cc2S(=O)(=O)[O-])n1N. The first-order valence-corrected chi connectivity index (χ1v) is 9.40. The van der Waals surface area contributed by atoms with Crippen LogP contribution < -0.4 is 11.3 Å². The van der Waals surface area contributed by atoms with Crippen LogP contribution in [-0.4, -0.2) is 47.0 Å². The number of nitrogens with zero attached hydrogens (tertiary/aromatic N) is 4. The smallest absolute Gasteiger partial charge is 0.263 e. The van der Waals surface area contributed by atoms with Crippen LogP contribution in [0.25, 0.3) is 0 Å². The van der Waals surface area contributed by atoms with Gasteiger partial charge in [-0.25, -0.2) is 26.9 Å². The van der Waals surface area contributed by atoms with Gasteiger partial charge < -0.3 is 14.9 Å². The molecule has 2 aromatic rings. The molecule has 2 rings (SSSR count). The number of anilines is 1. The number of hydrogen-bond donors (Lipinski definition) is 2. The number of rotatable bonds is 6. The summed E-state index contributed by atoms with van der Waals surface area (Å²) in [5.74, 6) is 6.19. The van der Waals surface area contributed by atoms with Gasteiger partial charge in [0.25, 0.3) is 5.95 Å².